The van der Waals surface area contributed by atoms with Crippen LogP contribution in [0.15, 0.2) is 24.3 Å². The zero-order valence-electron chi connectivity index (χ0n) is 15.9. The first-order valence-corrected chi connectivity index (χ1v) is 9.05. The van der Waals surface area contributed by atoms with E-state index < -0.39 is 5.54 Å². The number of hydrogen-bond acceptors (Lipinski definition) is 4. The normalized spacial score (nSPS) is 18.6. The van der Waals surface area contributed by atoms with Gasteiger partial charge in [-0.2, -0.15) is 5.26 Å². The van der Waals surface area contributed by atoms with Gasteiger partial charge in [0.05, 0.1) is 12.6 Å². The van der Waals surface area contributed by atoms with Crippen molar-refractivity contribution in [2.45, 2.75) is 39.8 Å². The maximum Gasteiger partial charge on any atom is 0.235 e. The standard InChI is InChI=1S/C20H30N4O/c1-16(2)20(4,15-21)22-19(25)14-24-11-9-23(10-12-24)13-18-8-6-5-7-17(18)3/h5-8,16H,9-14H2,1-4H3,(H,22,25)/t20-/m0/s1. The van der Waals surface area contributed by atoms with Gasteiger partial charge in [-0.3, -0.25) is 14.6 Å². The Labute approximate surface area is 151 Å². The quantitative estimate of drug-likeness (QED) is 0.861. The van der Waals surface area contributed by atoms with Crippen molar-refractivity contribution in [3.8, 4) is 6.07 Å². The van der Waals surface area contributed by atoms with Crippen LogP contribution < -0.4 is 5.32 Å². The van der Waals surface area contributed by atoms with Gasteiger partial charge in [0.25, 0.3) is 0 Å². The summed E-state index contributed by atoms with van der Waals surface area (Å²) in [7, 11) is 0. The fraction of sp³-hybridized carbons (Fsp3) is 0.600. The molecule has 5 nitrogen and oxygen atoms in total. The lowest BCUT2D eigenvalue weighted by Crippen LogP contribution is -2.54. The Balaban J connectivity index is 1.80. The van der Waals surface area contributed by atoms with E-state index in [2.05, 4.69) is 52.4 Å². The highest BCUT2D eigenvalue weighted by Crippen LogP contribution is 2.15. The molecule has 1 fully saturated rings. The lowest BCUT2D eigenvalue weighted by atomic mass is 9.90. The van der Waals surface area contributed by atoms with Crippen LogP contribution in [0.25, 0.3) is 0 Å². The molecule has 1 aliphatic heterocycles. The highest BCUT2D eigenvalue weighted by molar-refractivity contribution is 5.79. The van der Waals surface area contributed by atoms with Crippen molar-refractivity contribution in [3.63, 3.8) is 0 Å². The average Bonchev–Trinajstić information content (AvgIpc) is 2.58. The summed E-state index contributed by atoms with van der Waals surface area (Å²) < 4.78 is 0. The van der Waals surface area contributed by atoms with E-state index in [9.17, 15) is 10.1 Å². The molecule has 1 amide bonds. The number of carbonyl (C=O) groups excluding carboxylic acids is 1. The third kappa shape index (κ3) is 5.29. The molecule has 1 aromatic carbocycles. The van der Waals surface area contributed by atoms with Gasteiger partial charge in [-0.1, -0.05) is 38.1 Å². The highest BCUT2D eigenvalue weighted by Gasteiger charge is 2.30. The van der Waals surface area contributed by atoms with E-state index in [0.29, 0.717) is 6.54 Å². The molecule has 136 valence electrons. The SMILES string of the molecule is Cc1ccccc1CN1CCN(CC(=O)N[C@@](C)(C#N)C(C)C)CC1. The van der Waals surface area contributed by atoms with Gasteiger partial charge < -0.3 is 5.32 Å². The van der Waals surface area contributed by atoms with Gasteiger partial charge in [0, 0.05) is 32.7 Å². The Kier molecular flexibility index (Phi) is 6.57. The maximum absolute atomic E-state index is 12.3. The Morgan fingerprint density at radius 3 is 2.40 bits per heavy atom. The number of amides is 1. The van der Waals surface area contributed by atoms with E-state index >= 15 is 0 Å². The summed E-state index contributed by atoms with van der Waals surface area (Å²) in [6.45, 7) is 12.8. The van der Waals surface area contributed by atoms with Crippen LogP contribution in [0.2, 0.25) is 0 Å². The minimum Gasteiger partial charge on any atom is -0.337 e. The summed E-state index contributed by atoms with van der Waals surface area (Å²) in [4.78, 5) is 16.9. The number of piperazine rings is 1. The predicted molar refractivity (Wildman–Crippen MR) is 99.9 cm³/mol. The lowest BCUT2D eigenvalue weighted by molar-refractivity contribution is -0.124. The number of aryl methyl sites for hydroxylation is 1. The van der Waals surface area contributed by atoms with Crippen LogP contribution in [0.5, 0.6) is 0 Å². The predicted octanol–water partition coefficient (Wildman–Crippen LogP) is 2.17. The van der Waals surface area contributed by atoms with Crippen LogP contribution in [0.1, 0.15) is 31.9 Å². The second-order valence-corrected chi connectivity index (χ2v) is 7.50. The van der Waals surface area contributed by atoms with Crippen LogP contribution >= 0.6 is 0 Å². The number of carbonyl (C=O) groups is 1. The van der Waals surface area contributed by atoms with Gasteiger partial charge in [0.1, 0.15) is 5.54 Å². The third-order valence-electron chi connectivity index (χ3n) is 5.27. The fourth-order valence-electron chi connectivity index (χ4n) is 2.97. The molecule has 1 heterocycles. The van der Waals surface area contributed by atoms with Gasteiger partial charge in [-0.15, -0.1) is 0 Å². The first-order valence-electron chi connectivity index (χ1n) is 9.05. The molecule has 0 bridgehead atoms. The molecule has 0 unspecified atom stereocenters. The lowest BCUT2D eigenvalue weighted by Gasteiger charge is -2.35. The summed E-state index contributed by atoms with van der Waals surface area (Å²) >= 11 is 0. The number of nitrogens with zero attached hydrogens (tertiary/aromatic N) is 3. The maximum atomic E-state index is 12.3. The second kappa shape index (κ2) is 8.46. The largest absolute Gasteiger partial charge is 0.337 e. The first kappa shape index (κ1) is 19.4. The van der Waals surface area contributed by atoms with Gasteiger partial charge in [-0.05, 0) is 30.9 Å². The monoisotopic (exact) mass is 342 g/mol. The summed E-state index contributed by atoms with van der Waals surface area (Å²) in [6.07, 6.45) is 0. The van der Waals surface area contributed by atoms with Crippen LogP contribution in [0, 0.1) is 24.2 Å². The molecule has 0 radical (unpaired) electrons. The van der Waals surface area contributed by atoms with Gasteiger partial charge in [0.2, 0.25) is 5.91 Å². The first-order chi connectivity index (χ1) is 11.8. The molecule has 0 aliphatic carbocycles. The smallest absolute Gasteiger partial charge is 0.235 e. The molecule has 5 heteroatoms. The Morgan fingerprint density at radius 2 is 1.84 bits per heavy atom. The van der Waals surface area contributed by atoms with Crippen molar-refractivity contribution in [3.05, 3.63) is 35.4 Å². The van der Waals surface area contributed by atoms with Crippen molar-refractivity contribution in [1.29, 1.82) is 5.26 Å². The zero-order chi connectivity index (χ0) is 18.4. The molecule has 1 aromatic rings. The van der Waals surface area contributed by atoms with E-state index in [1.165, 1.54) is 11.1 Å². The third-order valence-corrected chi connectivity index (χ3v) is 5.27. The molecule has 2 rings (SSSR count). The zero-order valence-corrected chi connectivity index (χ0v) is 15.9. The Hall–Kier alpha value is -1.90. The second-order valence-electron chi connectivity index (χ2n) is 7.50. The van der Waals surface area contributed by atoms with Crippen molar-refractivity contribution in [1.82, 2.24) is 15.1 Å². The van der Waals surface area contributed by atoms with Gasteiger partial charge in [-0.25, -0.2) is 0 Å². The summed E-state index contributed by atoms with van der Waals surface area (Å²) in [6, 6.07) is 10.7. The van der Waals surface area contributed by atoms with Crippen molar-refractivity contribution >= 4 is 5.91 Å². The molecule has 0 spiro atoms. The Bertz CT molecular complexity index is 629. The van der Waals surface area contributed by atoms with E-state index in [1.807, 2.05) is 13.8 Å². The molecular formula is C20H30N4O. The molecule has 0 saturated carbocycles. The minimum atomic E-state index is -0.802. The topological polar surface area (TPSA) is 59.4 Å². The van der Waals surface area contributed by atoms with Crippen molar-refractivity contribution in [2.24, 2.45) is 5.92 Å². The number of benzene rings is 1. The Morgan fingerprint density at radius 1 is 1.24 bits per heavy atom. The fourth-order valence-corrected chi connectivity index (χ4v) is 2.97. The van der Waals surface area contributed by atoms with Crippen molar-refractivity contribution in [2.75, 3.05) is 32.7 Å². The van der Waals surface area contributed by atoms with E-state index in [-0.39, 0.29) is 11.8 Å². The van der Waals surface area contributed by atoms with E-state index in [1.54, 1.807) is 6.92 Å². The molecule has 25 heavy (non-hydrogen) atoms. The van der Waals surface area contributed by atoms with Crippen LogP contribution in [-0.4, -0.2) is 54.0 Å². The van der Waals surface area contributed by atoms with Gasteiger partial charge >= 0.3 is 0 Å². The number of nitrogens with one attached hydrogen (secondary N) is 1. The molecule has 1 aliphatic rings. The van der Waals surface area contributed by atoms with Gasteiger partial charge in [0.15, 0.2) is 0 Å². The average molecular weight is 342 g/mol. The minimum absolute atomic E-state index is 0.0647. The number of hydrogen-bond donors (Lipinski definition) is 1. The summed E-state index contributed by atoms with van der Waals surface area (Å²) in [5, 5.41) is 12.2. The van der Waals surface area contributed by atoms with Crippen LogP contribution in [0.4, 0.5) is 0 Å². The molecule has 1 atom stereocenters. The molecule has 0 aromatic heterocycles. The molecule has 1 saturated heterocycles. The van der Waals surface area contributed by atoms with Crippen LogP contribution in [0.3, 0.4) is 0 Å². The van der Waals surface area contributed by atoms with E-state index in [0.717, 1.165) is 32.7 Å². The highest BCUT2D eigenvalue weighted by atomic mass is 16.2. The van der Waals surface area contributed by atoms with Crippen LogP contribution in [-0.2, 0) is 11.3 Å². The van der Waals surface area contributed by atoms with E-state index in [4.69, 9.17) is 0 Å². The summed E-state index contributed by atoms with van der Waals surface area (Å²) in [5.74, 6) is 0.0116. The number of nitriles is 1. The number of rotatable bonds is 6. The van der Waals surface area contributed by atoms with Crippen molar-refractivity contribution < 1.29 is 4.79 Å². The summed E-state index contributed by atoms with van der Waals surface area (Å²) in [5.41, 5.74) is 1.90. The molecular weight excluding hydrogens is 312 g/mol. The molecule has 1 N–H and O–H groups in total.